The normalized spacial score (nSPS) is 17.4. The fourth-order valence-corrected chi connectivity index (χ4v) is 4.54. The summed E-state index contributed by atoms with van der Waals surface area (Å²) in [5, 5.41) is 2.74. The van der Waals surface area contributed by atoms with Gasteiger partial charge in [0.05, 0.1) is 29.9 Å². The van der Waals surface area contributed by atoms with E-state index in [2.05, 4.69) is 15.3 Å². The molecule has 0 aliphatic carbocycles. The topological polar surface area (TPSA) is 114 Å². The summed E-state index contributed by atoms with van der Waals surface area (Å²) in [5.41, 5.74) is 3.94. The van der Waals surface area contributed by atoms with Gasteiger partial charge >= 0.3 is 6.18 Å². The Bertz CT molecular complexity index is 1630. The number of benzene rings is 1. The van der Waals surface area contributed by atoms with Crippen molar-refractivity contribution in [1.82, 2.24) is 20.2 Å². The van der Waals surface area contributed by atoms with Crippen LogP contribution >= 0.6 is 0 Å². The molecular formula is C29H25F4N5O3. The van der Waals surface area contributed by atoms with Crippen LogP contribution in [0.5, 0.6) is 0 Å². The van der Waals surface area contributed by atoms with Crippen LogP contribution in [0.4, 0.5) is 23.4 Å². The Morgan fingerprint density at radius 1 is 1.15 bits per heavy atom. The van der Waals surface area contributed by atoms with Gasteiger partial charge in [0.25, 0.3) is 5.91 Å². The molecule has 1 aliphatic heterocycles. The van der Waals surface area contributed by atoms with Gasteiger partial charge in [-0.2, -0.15) is 13.2 Å². The lowest BCUT2D eigenvalue weighted by molar-refractivity contribution is -0.136. The first-order valence-corrected chi connectivity index (χ1v) is 12.6. The van der Waals surface area contributed by atoms with Crippen molar-refractivity contribution in [2.75, 3.05) is 18.8 Å². The smallest absolute Gasteiger partial charge is 0.420 e. The van der Waals surface area contributed by atoms with Gasteiger partial charge in [-0.3, -0.25) is 14.6 Å². The van der Waals surface area contributed by atoms with E-state index in [0.717, 1.165) is 6.07 Å². The molecule has 1 saturated heterocycles. The first kappa shape index (κ1) is 27.8. The zero-order valence-electron chi connectivity index (χ0n) is 21.8. The van der Waals surface area contributed by atoms with Gasteiger partial charge < -0.3 is 20.4 Å². The van der Waals surface area contributed by atoms with Crippen LogP contribution in [-0.2, 0) is 17.5 Å². The molecule has 1 atom stereocenters. The van der Waals surface area contributed by atoms with Crippen molar-refractivity contribution in [2.24, 2.45) is 0 Å². The van der Waals surface area contributed by atoms with Crippen LogP contribution in [0.3, 0.4) is 0 Å². The Hall–Kier alpha value is -4.74. The fourth-order valence-electron chi connectivity index (χ4n) is 4.54. The second-order valence-corrected chi connectivity index (χ2v) is 10.0. The van der Waals surface area contributed by atoms with Crippen LogP contribution in [0.1, 0.15) is 40.6 Å². The molecule has 1 fully saturated rings. The molecule has 212 valence electrons. The Labute approximate surface area is 231 Å². The van der Waals surface area contributed by atoms with Gasteiger partial charge in [0, 0.05) is 42.4 Å². The number of halogens is 4. The van der Waals surface area contributed by atoms with Crippen molar-refractivity contribution in [3.05, 3.63) is 83.4 Å². The van der Waals surface area contributed by atoms with Crippen molar-refractivity contribution in [3.63, 3.8) is 0 Å². The maximum atomic E-state index is 14.1. The molecule has 3 aromatic heterocycles. The lowest BCUT2D eigenvalue weighted by Gasteiger charge is -2.17. The van der Waals surface area contributed by atoms with Crippen LogP contribution in [0.25, 0.3) is 28.3 Å². The van der Waals surface area contributed by atoms with Gasteiger partial charge in [0.2, 0.25) is 5.91 Å². The number of pyridine rings is 2. The van der Waals surface area contributed by atoms with Crippen LogP contribution in [-0.4, -0.2) is 45.4 Å². The molecule has 4 aromatic rings. The van der Waals surface area contributed by atoms with Crippen LogP contribution in [0, 0.1) is 0 Å². The molecule has 5 rings (SSSR count). The molecule has 1 aromatic carbocycles. The summed E-state index contributed by atoms with van der Waals surface area (Å²) >= 11 is 0. The predicted octanol–water partition coefficient (Wildman–Crippen LogP) is 5.39. The number of nitrogens with one attached hydrogen (secondary N) is 1. The highest BCUT2D eigenvalue weighted by molar-refractivity contribution is 5.95. The molecule has 3 N–H and O–H groups in total. The van der Waals surface area contributed by atoms with E-state index < -0.39 is 29.2 Å². The number of hydrogen-bond acceptors (Lipinski definition) is 6. The predicted molar refractivity (Wildman–Crippen MR) is 144 cm³/mol. The number of carbonyl (C=O) groups excluding carboxylic acids is 2. The number of nitrogens with two attached hydrogens (primary N) is 1. The van der Waals surface area contributed by atoms with Crippen LogP contribution in [0.2, 0.25) is 0 Å². The Morgan fingerprint density at radius 3 is 2.59 bits per heavy atom. The molecule has 41 heavy (non-hydrogen) atoms. The first-order valence-electron chi connectivity index (χ1n) is 12.6. The first-order chi connectivity index (χ1) is 19.4. The highest BCUT2D eigenvalue weighted by atomic mass is 19.4. The number of amides is 2. The summed E-state index contributed by atoms with van der Waals surface area (Å²) in [7, 11) is 0. The SMILES string of the molecule is C[C@]1(F)CCN(C(=O)c2ccc(-c3cc(C(F)(F)F)c4oc(CNC(=O)/C=C/c5ccc(N)nc5)cc4c3)nc2)C1. The van der Waals surface area contributed by atoms with Crippen molar-refractivity contribution in [1.29, 1.82) is 0 Å². The number of furan rings is 1. The fraction of sp³-hybridized carbons (Fsp3) is 0.241. The van der Waals surface area contributed by atoms with Gasteiger partial charge in [0.15, 0.2) is 0 Å². The quantitative estimate of drug-likeness (QED) is 0.238. The number of hydrogen-bond donors (Lipinski definition) is 2. The number of aromatic nitrogens is 2. The summed E-state index contributed by atoms with van der Waals surface area (Å²) in [6.07, 6.45) is 1.04. The van der Waals surface area contributed by atoms with E-state index >= 15 is 0 Å². The van der Waals surface area contributed by atoms with Gasteiger partial charge in [-0.05, 0) is 61.0 Å². The zero-order chi connectivity index (χ0) is 29.4. The van der Waals surface area contributed by atoms with Crippen LogP contribution < -0.4 is 11.1 Å². The molecule has 0 spiro atoms. The summed E-state index contributed by atoms with van der Waals surface area (Å²) in [6, 6.07) is 10.0. The molecule has 4 heterocycles. The second kappa shape index (κ2) is 10.7. The number of anilines is 1. The highest BCUT2D eigenvalue weighted by Crippen LogP contribution is 2.39. The number of rotatable bonds is 6. The minimum Gasteiger partial charge on any atom is -0.459 e. The van der Waals surface area contributed by atoms with E-state index in [-0.39, 0.29) is 59.6 Å². The van der Waals surface area contributed by atoms with E-state index in [1.54, 1.807) is 12.1 Å². The van der Waals surface area contributed by atoms with E-state index in [9.17, 15) is 27.2 Å². The number of fused-ring (bicyclic) bond motifs is 1. The Balaban J connectivity index is 1.34. The van der Waals surface area contributed by atoms with Crippen molar-refractivity contribution < 1.29 is 31.6 Å². The van der Waals surface area contributed by atoms with Crippen molar-refractivity contribution in [2.45, 2.75) is 31.7 Å². The van der Waals surface area contributed by atoms with E-state index in [4.69, 9.17) is 10.2 Å². The molecule has 1 aliphatic rings. The molecule has 8 nitrogen and oxygen atoms in total. The molecule has 0 bridgehead atoms. The molecule has 2 amide bonds. The lowest BCUT2D eigenvalue weighted by Crippen LogP contribution is -2.31. The molecule has 0 saturated carbocycles. The zero-order valence-corrected chi connectivity index (χ0v) is 21.8. The third-order valence-electron chi connectivity index (χ3n) is 6.66. The van der Waals surface area contributed by atoms with E-state index in [1.165, 1.54) is 60.6 Å². The minimum absolute atomic E-state index is 0.0289. The molecule has 0 unspecified atom stereocenters. The van der Waals surface area contributed by atoms with Gasteiger partial charge in [-0.1, -0.05) is 0 Å². The number of alkyl halides is 4. The number of nitrogens with zero attached hydrogens (tertiary/aromatic N) is 3. The largest absolute Gasteiger partial charge is 0.459 e. The van der Waals surface area contributed by atoms with Gasteiger partial charge in [-0.15, -0.1) is 0 Å². The van der Waals surface area contributed by atoms with E-state index in [0.29, 0.717) is 11.4 Å². The molecule has 0 radical (unpaired) electrons. The second-order valence-electron chi connectivity index (χ2n) is 10.0. The lowest BCUT2D eigenvalue weighted by atomic mass is 10.0. The van der Waals surface area contributed by atoms with Crippen LogP contribution in [0.15, 0.2) is 65.4 Å². The Kier molecular flexibility index (Phi) is 7.24. The maximum absolute atomic E-state index is 14.1. The van der Waals surface area contributed by atoms with Crippen molar-refractivity contribution in [3.8, 4) is 11.3 Å². The van der Waals surface area contributed by atoms with Gasteiger partial charge in [0.1, 0.15) is 22.8 Å². The van der Waals surface area contributed by atoms with Crippen molar-refractivity contribution >= 4 is 34.7 Å². The monoisotopic (exact) mass is 567 g/mol. The third-order valence-corrected chi connectivity index (χ3v) is 6.66. The molecule has 12 heteroatoms. The summed E-state index contributed by atoms with van der Waals surface area (Å²) < 4.78 is 61.6. The summed E-state index contributed by atoms with van der Waals surface area (Å²) in [6.45, 7) is 1.54. The summed E-state index contributed by atoms with van der Waals surface area (Å²) in [5.74, 6) is -0.413. The highest BCUT2D eigenvalue weighted by Gasteiger charge is 2.37. The Morgan fingerprint density at radius 2 is 1.95 bits per heavy atom. The van der Waals surface area contributed by atoms with Gasteiger partial charge in [-0.25, -0.2) is 9.37 Å². The number of carbonyl (C=O) groups is 2. The molecular weight excluding hydrogens is 542 g/mol. The third kappa shape index (κ3) is 6.37. The standard InChI is InChI=1S/C29H25F4N5O3/c1-28(30)8-9-38(16-28)27(40)18-4-5-23(35-14-18)19-10-20-11-21(41-26(20)22(12-19)29(31,32)33)15-37-25(39)7-3-17-2-6-24(34)36-13-17/h2-7,10-14H,8-9,15-16H2,1H3,(H2,34,36)(H,37,39)/b7-3+/t28-/m0/s1. The minimum atomic E-state index is -4.73. The van der Waals surface area contributed by atoms with E-state index in [1.807, 2.05) is 0 Å². The number of nitrogen functional groups attached to an aromatic ring is 1. The maximum Gasteiger partial charge on any atom is 0.420 e. The summed E-state index contributed by atoms with van der Waals surface area (Å²) in [4.78, 5) is 34.4. The average molecular weight is 568 g/mol. The average Bonchev–Trinajstić information content (AvgIpc) is 3.52. The number of likely N-dealkylation sites (tertiary alicyclic amines) is 1.